The van der Waals surface area contributed by atoms with Crippen LogP contribution in [0.25, 0.3) is 0 Å². The van der Waals surface area contributed by atoms with Gasteiger partial charge in [0.25, 0.3) is 0 Å². The molecule has 1 N–H and O–H groups in total. The van der Waals surface area contributed by atoms with E-state index in [2.05, 4.69) is 10.3 Å². The molecule has 0 bridgehead atoms. The van der Waals surface area contributed by atoms with Gasteiger partial charge in [-0.25, -0.2) is 13.5 Å². The lowest BCUT2D eigenvalue weighted by Gasteiger charge is -2.37. The van der Waals surface area contributed by atoms with Crippen molar-refractivity contribution in [1.82, 2.24) is 19.9 Å². The van der Waals surface area contributed by atoms with Crippen LogP contribution in [-0.4, -0.2) is 44.0 Å². The number of hydrogen-bond donors (Lipinski definition) is 1. The van der Waals surface area contributed by atoms with E-state index < -0.39 is 17.7 Å². The van der Waals surface area contributed by atoms with Gasteiger partial charge in [0.15, 0.2) is 0 Å². The molecule has 2 aromatic carbocycles. The summed E-state index contributed by atoms with van der Waals surface area (Å²) in [6.45, 7) is 4.70. The van der Waals surface area contributed by atoms with Crippen LogP contribution in [0.5, 0.6) is 5.75 Å². The molecule has 0 radical (unpaired) electrons. The van der Waals surface area contributed by atoms with Crippen molar-refractivity contribution in [2.75, 3.05) is 13.1 Å². The molecule has 34 heavy (non-hydrogen) atoms. The highest BCUT2D eigenvalue weighted by molar-refractivity contribution is 5.79. The Morgan fingerprint density at radius 1 is 1.21 bits per heavy atom. The number of amides is 1. The number of halogens is 2. The minimum absolute atomic E-state index is 0.0263. The fraction of sp³-hybridized carbons (Fsp3) is 0.400. The van der Waals surface area contributed by atoms with E-state index >= 15 is 0 Å². The van der Waals surface area contributed by atoms with E-state index in [1.165, 1.54) is 0 Å². The van der Waals surface area contributed by atoms with Crippen molar-refractivity contribution in [1.29, 1.82) is 0 Å². The molecule has 1 fully saturated rings. The Morgan fingerprint density at radius 3 is 2.53 bits per heavy atom. The Balaban J connectivity index is 1.27. The molecule has 1 heterocycles. The predicted molar refractivity (Wildman–Crippen MR) is 121 cm³/mol. The van der Waals surface area contributed by atoms with E-state index in [1.54, 1.807) is 15.8 Å². The molecular formula is C25H28F2N4O3. The number of rotatable bonds is 9. The first-order chi connectivity index (χ1) is 16.3. The number of aryl methyl sites for hydroxylation is 1. The Labute approximate surface area is 197 Å². The van der Waals surface area contributed by atoms with Gasteiger partial charge < -0.3 is 14.7 Å². The molecule has 0 aliphatic heterocycles. The maximum Gasteiger partial charge on any atom is 0.225 e. The smallest absolute Gasteiger partial charge is 0.225 e. The number of likely N-dealkylation sites (N-methyl/N-ethyl adjacent to an activating group) is 1. The van der Waals surface area contributed by atoms with Crippen molar-refractivity contribution in [3.63, 3.8) is 0 Å². The van der Waals surface area contributed by atoms with E-state index in [0.717, 1.165) is 29.3 Å². The average Bonchev–Trinajstić information content (AvgIpc) is 3.23. The van der Waals surface area contributed by atoms with Crippen LogP contribution in [0.1, 0.15) is 48.7 Å². The number of aliphatic hydroxyl groups excluding tert-OH is 1. The zero-order valence-electron chi connectivity index (χ0n) is 19.2. The first-order valence-electron chi connectivity index (χ1n) is 11.4. The van der Waals surface area contributed by atoms with Crippen LogP contribution in [0, 0.1) is 24.5 Å². The van der Waals surface area contributed by atoms with E-state index in [4.69, 9.17) is 4.74 Å². The van der Waals surface area contributed by atoms with E-state index in [-0.39, 0.29) is 36.8 Å². The topological polar surface area (TPSA) is 80.5 Å². The summed E-state index contributed by atoms with van der Waals surface area (Å²) in [5.74, 6) is -1.45. The quantitative estimate of drug-likeness (QED) is 0.512. The molecule has 1 atom stereocenters. The summed E-state index contributed by atoms with van der Waals surface area (Å²) in [5, 5.41) is 18.7. The Hall–Kier alpha value is -3.33. The van der Waals surface area contributed by atoms with Crippen LogP contribution < -0.4 is 4.74 Å². The molecule has 7 nitrogen and oxygen atoms in total. The third kappa shape index (κ3) is 5.59. The highest BCUT2D eigenvalue weighted by atomic mass is 19.1. The van der Waals surface area contributed by atoms with Gasteiger partial charge in [-0.2, -0.15) is 0 Å². The molecule has 3 aromatic rings. The lowest BCUT2D eigenvalue weighted by Crippen LogP contribution is -2.44. The summed E-state index contributed by atoms with van der Waals surface area (Å²) in [6, 6.07) is 10.7. The van der Waals surface area contributed by atoms with Gasteiger partial charge >= 0.3 is 0 Å². The first-order valence-corrected chi connectivity index (χ1v) is 11.4. The van der Waals surface area contributed by atoms with Crippen LogP contribution in [0.2, 0.25) is 0 Å². The van der Waals surface area contributed by atoms with Crippen LogP contribution in [0.4, 0.5) is 8.78 Å². The number of ether oxygens (including phenoxy) is 1. The average molecular weight is 471 g/mol. The molecule has 1 saturated carbocycles. The van der Waals surface area contributed by atoms with Crippen molar-refractivity contribution in [3.8, 4) is 5.75 Å². The lowest BCUT2D eigenvalue weighted by atomic mass is 9.79. The summed E-state index contributed by atoms with van der Waals surface area (Å²) in [5.41, 5.74) is 2.43. The van der Waals surface area contributed by atoms with Crippen molar-refractivity contribution in [2.24, 2.45) is 5.92 Å². The fourth-order valence-corrected chi connectivity index (χ4v) is 4.07. The Kier molecular flexibility index (Phi) is 7.21. The van der Waals surface area contributed by atoms with E-state index in [9.17, 15) is 18.7 Å². The number of nitrogens with zero attached hydrogens (tertiary/aromatic N) is 4. The molecule has 1 aliphatic carbocycles. The second-order valence-corrected chi connectivity index (χ2v) is 8.71. The molecule has 0 saturated heterocycles. The summed E-state index contributed by atoms with van der Waals surface area (Å²) in [6.07, 6.45) is 2.26. The van der Waals surface area contributed by atoms with Gasteiger partial charge in [0.2, 0.25) is 5.91 Å². The number of aliphatic hydroxyl groups is 1. The lowest BCUT2D eigenvalue weighted by molar-refractivity contribution is -0.141. The summed E-state index contributed by atoms with van der Waals surface area (Å²) < 4.78 is 33.7. The van der Waals surface area contributed by atoms with E-state index in [1.807, 2.05) is 38.1 Å². The van der Waals surface area contributed by atoms with Crippen LogP contribution in [-0.2, 0) is 11.4 Å². The van der Waals surface area contributed by atoms with Crippen LogP contribution in [0.3, 0.4) is 0 Å². The highest BCUT2D eigenvalue weighted by Gasteiger charge is 2.38. The predicted octanol–water partition coefficient (Wildman–Crippen LogP) is 3.98. The Bertz CT molecular complexity index is 1110. The maximum atomic E-state index is 13.3. The summed E-state index contributed by atoms with van der Waals surface area (Å²) in [7, 11) is 0. The normalized spacial score (nSPS) is 18.3. The SMILES string of the molecule is CCN(CC(O)c1ccc(C)cc1)C(=O)C1CC(n2cc(COc3cc(F)cc(F)c3)nn2)C1. The maximum absolute atomic E-state index is 13.3. The molecule has 4 rings (SSSR count). The minimum atomic E-state index is -0.732. The van der Waals surface area contributed by atoms with Gasteiger partial charge in [-0.05, 0) is 32.3 Å². The first kappa shape index (κ1) is 23.8. The molecule has 180 valence electrons. The van der Waals surface area contributed by atoms with Gasteiger partial charge in [0.1, 0.15) is 29.7 Å². The fourth-order valence-electron chi connectivity index (χ4n) is 4.07. The molecule has 0 spiro atoms. The van der Waals surface area contributed by atoms with Crippen molar-refractivity contribution in [3.05, 3.63) is 77.1 Å². The number of hydrogen-bond acceptors (Lipinski definition) is 5. The largest absolute Gasteiger partial charge is 0.487 e. The molecular weight excluding hydrogens is 442 g/mol. The number of carbonyl (C=O) groups is 1. The van der Waals surface area contributed by atoms with Crippen LogP contribution >= 0.6 is 0 Å². The monoisotopic (exact) mass is 470 g/mol. The van der Waals surface area contributed by atoms with Gasteiger partial charge in [-0.1, -0.05) is 35.0 Å². The Morgan fingerprint density at radius 2 is 1.88 bits per heavy atom. The van der Waals surface area contributed by atoms with Gasteiger partial charge in [0.05, 0.1) is 24.9 Å². The van der Waals surface area contributed by atoms with Crippen molar-refractivity contribution >= 4 is 5.91 Å². The van der Waals surface area contributed by atoms with Crippen molar-refractivity contribution in [2.45, 2.75) is 45.4 Å². The van der Waals surface area contributed by atoms with Gasteiger partial charge in [-0.3, -0.25) is 4.79 Å². The second-order valence-electron chi connectivity index (χ2n) is 8.71. The van der Waals surface area contributed by atoms with Crippen molar-refractivity contribution < 1.29 is 23.4 Å². The highest BCUT2D eigenvalue weighted by Crippen LogP contribution is 2.38. The third-order valence-electron chi connectivity index (χ3n) is 6.17. The van der Waals surface area contributed by atoms with Crippen LogP contribution in [0.15, 0.2) is 48.7 Å². The van der Waals surface area contributed by atoms with E-state index in [0.29, 0.717) is 25.1 Å². The second kappa shape index (κ2) is 10.3. The number of benzene rings is 2. The standard InChI is InChI=1S/C25H28F2N4O3/c1-3-30(14-24(32)17-6-4-16(2)5-7-17)25(33)18-8-22(9-18)31-13-21(28-29-31)15-34-23-11-19(26)10-20(27)12-23/h4-7,10-13,18,22,24,32H,3,8-9,14-15H2,1-2H3. The summed E-state index contributed by atoms with van der Waals surface area (Å²) in [4.78, 5) is 14.7. The number of aromatic nitrogens is 3. The molecule has 1 aliphatic rings. The van der Waals surface area contributed by atoms with Gasteiger partial charge in [0, 0.05) is 30.7 Å². The molecule has 9 heteroatoms. The molecule has 1 unspecified atom stereocenters. The minimum Gasteiger partial charge on any atom is -0.487 e. The summed E-state index contributed by atoms with van der Waals surface area (Å²) >= 11 is 0. The zero-order chi connectivity index (χ0) is 24.2. The number of carbonyl (C=O) groups excluding carboxylic acids is 1. The molecule has 1 amide bonds. The zero-order valence-corrected chi connectivity index (χ0v) is 19.2. The third-order valence-corrected chi connectivity index (χ3v) is 6.17. The van der Waals surface area contributed by atoms with Gasteiger partial charge in [-0.15, -0.1) is 5.10 Å². The molecule has 1 aromatic heterocycles.